The number of fused-ring (bicyclic) bond motifs is 1. The number of morpholine rings is 1. The summed E-state index contributed by atoms with van der Waals surface area (Å²) in [5.74, 6) is 1.12. The van der Waals surface area contributed by atoms with Gasteiger partial charge in [-0.15, -0.1) is 0 Å². The summed E-state index contributed by atoms with van der Waals surface area (Å²) < 4.78 is 11.4. The van der Waals surface area contributed by atoms with Gasteiger partial charge in [0.2, 0.25) is 0 Å². The zero-order chi connectivity index (χ0) is 15.5. The first kappa shape index (κ1) is 15.3. The fourth-order valence-corrected chi connectivity index (χ4v) is 3.83. The molecule has 2 fully saturated rings. The van der Waals surface area contributed by atoms with Crippen molar-refractivity contribution in [3.63, 3.8) is 0 Å². The SMILES string of the molecule is c1nc2c(c(N3CCOCC3)n1)CN(CC1CCCCO1)CC2. The van der Waals surface area contributed by atoms with E-state index in [9.17, 15) is 0 Å². The summed E-state index contributed by atoms with van der Waals surface area (Å²) in [4.78, 5) is 14.0. The third kappa shape index (κ3) is 3.49. The highest BCUT2D eigenvalue weighted by atomic mass is 16.5. The van der Waals surface area contributed by atoms with Crippen LogP contribution in [0, 0.1) is 0 Å². The number of ether oxygens (including phenoxy) is 2. The lowest BCUT2D eigenvalue weighted by Gasteiger charge is -2.35. The van der Waals surface area contributed by atoms with E-state index in [0.29, 0.717) is 6.10 Å². The van der Waals surface area contributed by atoms with Crippen molar-refractivity contribution in [3.05, 3.63) is 17.6 Å². The van der Waals surface area contributed by atoms with E-state index in [1.54, 1.807) is 6.33 Å². The minimum absolute atomic E-state index is 0.404. The van der Waals surface area contributed by atoms with E-state index in [-0.39, 0.29) is 0 Å². The maximum atomic E-state index is 5.92. The third-order valence-electron chi connectivity index (χ3n) is 5.10. The van der Waals surface area contributed by atoms with Crippen molar-refractivity contribution in [2.75, 3.05) is 50.9 Å². The second-order valence-electron chi connectivity index (χ2n) is 6.70. The summed E-state index contributed by atoms with van der Waals surface area (Å²) in [5, 5.41) is 0. The van der Waals surface area contributed by atoms with Crippen LogP contribution in [0.15, 0.2) is 6.33 Å². The van der Waals surface area contributed by atoms with E-state index >= 15 is 0 Å². The lowest BCUT2D eigenvalue weighted by molar-refractivity contribution is -0.00813. The molecule has 0 N–H and O–H groups in total. The van der Waals surface area contributed by atoms with Gasteiger partial charge in [-0.1, -0.05) is 0 Å². The smallest absolute Gasteiger partial charge is 0.136 e. The van der Waals surface area contributed by atoms with Crippen LogP contribution >= 0.6 is 0 Å². The molecule has 4 rings (SSSR count). The molecule has 1 aromatic rings. The fourth-order valence-electron chi connectivity index (χ4n) is 3.83. The van der Waals surface area contributed by atoms with Crippen LogP contribution in [0.1, 0.15) is 30.5 Å². The van der Waals surface area contributed by atoms with Crippen LogP contribution in [-0.4, -0.2) is 67.0 Å². The minimum Gasteiger partial charge on any atom is -0.378 e. The normalized spacial score (nSPS) is 26.1. The molecule has 126 valence electrons. The molecule has 0 aromatic carbocycles. The zero-order valence-corrected chi connectivity index (χ0v) is 13.7. The van der Waals surface area contributed by atoms with Crippen LogP contribution in [0.25, 0.3) is 0 Å². The molecule has 1 aromatic heterocycles. The van der Waals surface area contributed by atoms with Gasteiger partial charge in [0, 0.05) is 51.3 Å². The van der Waals surface area contributed by atoms with Crippen molar-refractivity contribution in [3.8, 4) is 0 Å². The van der Waals surface area contributed by atoms with E-state index in [1.165, 1.54) is 30.5 Å². The predicted octanol–water partition coefficient (Wildman–Crippen LogP) is 1.24. The van der Waals surface area contributed by atoms with Crippen molar-refractivity contribution in [2.45, 2.75) is 38.3 Å². The van der Waals surface area contributed by atoms with Gasteiger partial charge in [0.05, 0.1) is 25.0 Å². The Hall–Kier alpha value is -1.24. The molecule has 4 heterocycles. The monoisotopic (exact) mass is 318 g/mol. The summed E-state index contributed by atoms with van der Waals surface area (Å²) in [5.41, 5.74) is 2.54. The largest absolute Gasteiger partial charge is 0.378 e. The lowest BCUT2D eigenvalue weighted by Crippen LogP contribution is -2.42. The van der Waals surface area contributed by atoms with E-state index in [0.717, 1.165) is 64.8 Å². The molecular weight excluding hydrogens is 292 g/mol. The average Bonchev–Trinajstić information content (AvgIpc) is 2.63. The number of nitrogens with zero attached hydrogens (tertiary/aromatic N) is 4. The van der Waals surface area contributed by atoms with Gasteiger partial charge in [0.1, 0.15) is 12.1 Å². The standard InChI is InChI=1S/C17H26N4O2/c1-2-8-23-14(3-1)11-20-5-4-16-15(12-20)17(19-13-18-16)21-6-9-22-10-7-21/h13-14H,1-12H2. The van der Waals surface area contributed by atoms with Gasteiger partial charge in [0.15, 0.2) is 0 Å². The molecular formula is C17H26N4O2. The molecule has 0 bridgehead atoms. The van der Waals surface area contributed by atoms with Crippen molar-refractivity contribution in [1.82, 2.24) is 14.9 Å². The highest BCUT2D eigenvalue weighted by Gasteiger charge is 2.26. The summed E-state index contributed by atoms with van der Waals surface area (Å²) in [7, 11) is 0. The fraction of sp³-hybridized carbons (Fsp3) is 0.765. The summed E-state index contributed by atoms with van der Waals surface area (Å²) in [6.07, 6.45) is 6.86. The summed E-state index contributed by atoms with van der Waals surface area (Å²) in [6, 6.07) is 0. The van der Waals surface area contributed by atoms with E-state index < -0.39 is 0 Å². The van der Waals surface area contributed by atoms with Crippen molar-refractivity contribution < 1.29 is 9.47 Å². The van der Waals surface area contributed by atoms with Crippen LogP contribution in [0.2, 0.25) is 0 Å². The van der Waals surface area contributed by atoms with Gasteiger partial charge < -0.3 is 14.4 Å². The van der Waals surface area contributed by atoms with Crippen LogP contribution in [0.5, 0.6) is 0 Å². The topological polar surface area (TPSA) is 50.7 Å². The Kier molecular flexibility index (Phi) is 4.73. The molecule has 6 nitrogen and oxygen atoms in total. The van der Waals surface area contributed by atoms with Crippen molar-refractivity contribution in [2.24, 2.45) is 0 Å². The molecule has 2 saturated heterocycles. The molecule has 0 spiro atoms. The lowest BCUT2D eigenvalue weighted by atomic mass is 10.0. The molecule has 0 aliphatic carbocycles. The Morgan fingerprint density at radius 3 is 2.83 bits per heavy atom. The minimum atomic E-state index is 0.404. The highest BCUT2D eigenvalue weighted by Crippen LogP contribution is 2.27. The second-order valence-corrected chi connectivity index (χ2v) is 6.70. The summed E-state index contributed by atoms with van der Waals surface area (Å²) in [6.45, 7) is 7.42. The second kappa shape index (κ2) is 7.11. The van der Waals surface area contributed by atoms with Crippen LogP contribution in [-0.2, 0) is 22.4 Å². The predicted molar refractivity (Wildman–Crippen MR) is 87.6 cm³/mol. The number of rotatable bonds is 3. The van der Waals surface area contributed by atoms with Crippen molar-refractivity contribution >= 4 is 5.82 Å². The van der Waals surface area contributed by atoms with E-state index in [1.807, 2.05) is 0 Å². The molecule has 23 heavy (non-hydrogen) atoms. The Labute approximate surface area is 137 Å². The number of aromatic nitrogens is 2. The van der Waals surface area contributed by atoms with Gasteiger partial charge in [0.25, 0.3) is 0 Å². The Balaban J connectivity index is 1.48. The summed E-state index contributed by atoms with van der Waals surface area (Å²) >= 11 is 0. The molecule has 0 saturated carbocycles. The van der Waals surface area contributed by atoms with Gasteiger partial charge in [-0.25, -0.2) is 9.97 Å². The maximum absolute atomic E-state index is 5.92. The van der Waals surface area contributed by atoms with E-state index in [4.69, 9.17) is 9.47 Å². The third-order valence-corrected chi connectivity index (χ3v) is 5.10. The van der Waals surface area contributed by atoms with E-state index in [2.05, 4.69) is 19.8 Å². The van der Waals surface area contributed by atoms with Gasteiger partial charge in [-0.3, -0.25) is 4.90 Å². The zero-order valence-electron chi connectivity index (χ0n) is 13.7. The van der Waals surface area contributed by atoms with Gasteiger partial charge >= 0.3 is 0 Å². The highest BCUT2D eigenvalue weighted by molar-refractivity contribution is 5.49. The number of hydrogen-bond acceptors (Lipinski definition) is 6. The molecule has 1 unspecified atom stereocenters. The maximum Gasteiger partial charge on any atom is 0.136 e. The first-order valence-electron chi connectivity index (χ1n) is 8.89. The first-order chi connectivity index (χ1) is 11.4. The number of hydrogen-bond donors (Lipinski definition) is 0. The van der Waals surface area contributed by atoms with Crippen LogP contribution in [0.4, 0.5) is 5.82 Å². The quantitative estimate of drug-likeness (QED) is 0.836. The van der Waals surface area contributed by atoms with Crippen LogP contribution < -0.4 is 4.90 Å². The Morgan fingerprint density at radius 2 is 2.00 bits per heavy atom. The Morgan fingerprint density at radius 1 is 1.09 bits per heavy atom. The van der Waals surface area contributed by atoms with Gasteiger partial charge in [-0.2, -0.15) is 0 Å². The van der Waals surface area contributed by atoms with Gasteiger partial charge in [-0.05, 0) is 19.3 Å². The molecule has 6 heteroatoms. The van der Waals surface area contributed by atoms with Crippen LogP contribution in [0.3, 0.4) is 0 Å². The molecule has 1 atom stereocenters. The molecule has 0 radical (unpaired) electrons. The number of anilines is 1. The molecule has 3 aliphatic rings. The average molecular weight is 318 g/mol. The van der Waals surface area contributed by atoms with Crippen molar-refractivity contribution in [1.29, 1.82) is 0 Å². The molecule has 0 amide bonds. The Bertz CT molecular complexity index is 527. The molecule has 3 aliphatic heterocycles. The first-order valence-corrected chi connectivity index (χ1v) is 8.89.